The van der Waals surface area contributed by atoms with Gasteiger partial charge in [-0.05, 0) is 30.5 Å². The van der Waals surface area contributed by atoms with Crippen molar-refractivity contribution in [3.05, 3.63) is 41.9 Å². The molecule has 1 aromatic carbocycles. The summed E-state index contributed by atoms with van der Waals surface area (Å²) in [4.78, 5) is 12.8. The summed E-state index contributed by atoms with van der Waals surface area (Å²) in [6.45, 7) is 0. The van der Waals surface area contributed by atoms with Crippen LogP contribution in [0.25, 0.3) is 21.3 Å². The van der Waals surface area contributed by atoms with Gasteiger partial charge in [0.25, 0.3) is 0 Å². The monoisotopic (exact) mass is 283 g/mol. The van der Waals surface area contributed by atoms with E-state index in [1.54, 1.807) is 11.3 Å². The first-order valence-corrected chi connectivity index (χ1v) is 7.45. The molecule has 0 saturated heterocycles. The molecule has 100 valence electrons. The molecule has 20 heavy (non-hydrogen) atoms. The van der Waals surface area contributed by atoms with Crippen LogP contribution < -0.4 is 0 Å². The number of hydrogen-bond donors (Lipinski definition) is 1. The van der Waals surface area contributed by atoms with Crippen molar-refractivity contribution in [2.24, 2.45) is 0 Å². The lowest BCUT2D eigenvalue weighted by Gasteiger charge is -2.29. The van der Waals surface area contributed by atoms with Gasteiger partial charge in [-0.15, -0.1) is 11.3 Å². The van der Waals surface area contributed by atoms with E-state index in [1.807, 2.05) is 18.5 Å². The number of aromatic nitrogens is 3. The second kappa shape index (κ2) is 4.61. The highest BCUT2D eigenvalue weighted by Crippen LogP contribution is 2.40. The van der Waals surface area contributed by atoms with Crippen molar-refractivity contribution < 1.29 is 5.11 Å². The van der Waals surface area contributed by atoms with Gasteiger partial charge >= 0.3 is 0 Å². The molecule has 1 fully saturated rings. The molecule has 0 unspecified atom stereocenters. The molecule has 1 saturated carbocycles. The topological polar surface area (TPSA) is 58.9 Å². The first-order valence-electron chi connectivity index (χ1n) is 6.63. The minimum Gasteiger partial charge on any atom is -0.393 e. The van der Waals surface area contributed by atoms with Crippen molar-refractivity contribution in [1.82, 2.24) is 15.0 Å². The van der Waals surface area contributed by atoms with E-state index in [0.717, 1.165) is 34.5 Å². The third-order valence-electron chi connectivity index (χ3n) is 3.76. The Morgan fingerprint density at radius 2 is 1.90 bits per heavy atom. The zero-order chi connectivity index (χ0) is 13.5. The van der Waals surface area contributed by atoms with Gasteiger partial charge in [-0.3, -0.25) is 0 Å². The average Bonchev–Trinajstić information content (AvgIpc) is 2.87. The molecule has 4 nitrogen and oxygen atoms in total. The predicted molar refractivity (Wildman–Crippen MR) is 78.6 cm³/mol. The summed E-state index contributed by atoms with van der Waals surface area (Å²) in [5, 5.41) is 10.6. The van der Waals surface area contributed by atoms with Crippen molar-refractivity contribution in [2.45, 2.75) is 24.9 Å². The standard InChI is InChI=1S/C15H13N3OS/c19-12-3-10(4-12)15-18-13-2-1-9(5-14(13)20-15)11-6-16-8-17-7-11/h1-2,5-8,10,12,19H,3-4H2. The molecule has 0 amide bonds. The molecular formula is C15H13N3OS. The first-order chi connectivity index (χ1) is 9.79. The lowest BCUT2D eigenvalue weighted by atomic mass is 9.83. The number of aliphatic hydroxyl groups excluding tert-OH is 1. The molecule has 2 aromatic heterocycles. The molecule has 0 radical (unpaired) electrons. The van der Waals surface area contributed by atoms with Crippen LogP contribution in [0.5, 0.6) is 0 Å². The number of nitrogens with zero attached hydrogens (tertiary/aromatic N) is 3. The summed E-state index contributed by atoms with van der Waals surface area (Å²) < 4.78 is 1.18. The zero-order valence-corrected chi connectivity index (χ0v) is 11.5. The van der Waals surface area contributed by atoms with Gasteiger partial charge in [0.2, 0.25) is 0 Å². The summed E-state index contributed by atoms with van der Waals surface area (Å²) in [6.07, 6.45) is 6.73. The zero-order valence-electron chi connectivity index (χ0n) is 10.7. The predicted octanol–water partition coefficient (Wildman–Crippen LogP) is 2.99. The first kappa shape index (κ1) is 11.9. The highest BCUT2D eigenvalue weighted by atomic mass is 32.1. The van der Waals surface area contributed by atoms with Crippen LogP contribution in [0.2, 0.25) is 0 Å². The van der Waals surface area contributed by atoms with E-state index in [1.165, 1.54) is 11.0 Å². The van der Waals surface area contributed by atoms with Crippen LogP contribution in [-0.4, -0.2) is 26.2 Å². The van der Waals surface area contributed by atoms with Gasteiger partial charge in [0.15, 0.2) is 0 Å². The lowest BCUT2D eigenvalue weighted by Crippen LogP contribution is -2.26. The molecule has 0 atom stereocenters. The number of hydrogen-bond acceptors (Lipinski definition) is 5. The lowest BCUT2D eigenvalue weighted by molar-refractivity contribution is 0.0746. The largest absolute Gasteiger partial charge is 0.393 e. The minimum atomic E-state index is -0.135. The highest BCUT2D eigenvalue weighted by molar-refractivity contribution is 7.18. The molecule has 2 heterocycles. The van der Waals surface area contributed by atoms with Gasteiger partial charge in [0.1, 0.15) is 6.33 Å². The maximum Gasteiger partial charge on any atom is 0.115 e. The fourth-order valence-electron chi connectivity index (χ4n) is 2.53. The van der Waals surface area contributed by atoms with Crippen LogP contribution in [0, 0.1) is 0 Å². The second-order valence-corrected chi connectivity index (χ2v) is 6.25. The number of aliphatic hydroxyl groups is 1. The van der Waals surface area contributed by atoms with Gasteiger partial charge < -0.3 is 5.11 Å². The molecule has 3 aromatic rings. The molecule has 4 rings (SSSR count). The molecule has 0 aliphatic heterocycles. The SMILES string of the molecule is OC1CC(c2nc3ccc(-c4cncnc4)cc3s2)C1. The van der Waals surface area contributed by atoms with Gasteiger partial charge in [-0.25, -0.2) is 15.0 Å². The third-order valence-corrected chi connectivity index (χ3v) is 4.94. The molecule has 0 spiro atoms. The summed E-state index contributed by atoms with van der Waals surface area (Å²) in [7, 11) is 0. The Morgan fingerprint density at radius 3 is 2.65 bits per heavy atom. The Morgan fingerprint density at radius 1 is 1.10 bits per heavy atom. The van der Waals surface area contributed by atoms with Crippen molar-refractivity contribution in [3.63, 3.8) is 0 Å². The second-order valence-electron chi connectivity index (χ2n) is 5.18. The Bertz CT molecular complexity index is 750. The molecule has 0 bridgehead atoms. The van der Waals surface area contributed by atoms with Crippen LogP contribution in [0.15, 0.2) is 36.9 Å². The van der Waals surface area contributed by atoms with Crippen LogP contribution in [0.3, 0.4) is 0 Å². The van der Waals surface area contributed by atoms with E-state index in [2.05, 4.69) is 27.1 Å². The molecule has 1 aliphatic carbocycles. The van der Waals surface area contributed by atoms with Crippen molar-refractivity contribution in [2.75, 3.05) is 0 Å². The normalized spacial score (nSPS) is 21.9. The Hall–Kier alpha value is -1.85. The van der Waals surface area contributed by atoms with E-state index in [0.29, 0.717) is 5.92 Å². The highest BCUT2D eigenvalue weighted by Gasteiger charge is 2.30. The van der Waals surface area contributed by atoms with Gasteiger partial charge in [-0.1, -0.05) is 6.07 Å². The number of fused-ring (bicyclic) bond motifs is 1. The number of benzene rings is 1. The molecule has 1 aliphatic rings. The quantitative estimate of drug-likeness (QED) is 0.785. The Labute approximate surface area is 120 Å². The van der Waals surface area contributed by atoms with Crippen molar-refractivity contribution >= 4 is 21.6 Å². The molecular weight excluding hydrogens is 270 g/mol. The summed E-state index contributed by atoms with van der Waals surface area (Å²) in [6, 6.07) is 6.25. The fraction of sp³-hybridized carbons (Fsp3) is 0.267. The van der Waals surface area contributed by atoms with Gasteiger partial charge in [0.05, 0.1) is 21.3 Å². The van der Waals surface area contributed by atoms with E-state index < -0.39 is 0 Å². The van der Waals surface area contributed by atoms with Crippen LogP contribution in [-0.2, 0) is 0 Å². The van der Waals surface area contributed by atoms with E-state index >= 15 is 0 Å². The van der Waals surface area contributed by atoms with Gasteiger partial charge in [0, 0.05) is 23.9 Å². The van der Waals surface area contributed by atoms with Crippen LogP contribution in [0.1, 0.15) is 23.8 Å². The van der Waals surface area contributed by atoms with Crippen molar-refractivity contribution in [1.29, 1.82) is 0 Å². The van der Waals surface area contributed by atoms with Crippen LogP contribution >= 0.6 is 11.3 Å². The smallest absolute Gasteiger partial charge is 0.115 e. The molecule has 5 heteroatoms. The maximum absolute atomic E-state index is 9.41. The Kier molecular flexibility index (Phi) is 2.75. The molecule has 1 N–H and O–H groups in total. The minimum absolute atomic E-state index is 0.135. The van der Waals surface area contributed by atoms with Crippen LogP contribution in [0.4, 0.5) is 0 Å². The average molecular weight is 283 g/mol. The third kappa shape index (κ3) is 1.99. The van der Waals surface area contributed by atoms with E-state index in [9.17, 15) is 5.11 Å². The number of rotatable bonds is 2. The van der Waals surface area contributed by atoms with Gasteiger partial charge in [-0.2, -0.15) is 0 Å². The number of thiazole rings is 1. The summed E-state index contributed by atoms with van der Waals surface area (Å²) >= 11 is 1.73. The van der Waals surface area contributed by atoms with Crippen molar-refractivity contribution in [3.8, 4) is 11.1 Å². The van der Waals surface area contributed by atoms with E-state index in [4.69, 9.17) is 0 Å². The van der Waals surface area contributed by atoms with E-state index in [-0.39, 0.29) is 6.10 Å². The Balaban J connectivity index is 1.72. The fourth-order valence-corrected chi connectivity index (χ4v) is 3.67. The maximum atomic E-state index is 9.41. The summed E-state index contributed by atoms with van der Waals surface area (Å²) in [5.74, 6) is 0.436. The summed E-state index contributed by atoms with van der Waals surface area (Å²) in [5.41, 5.74) is 3.16.